The summed E-state index contributed by atoms with van der Waals surface area (Å²) in [4.78, 5) is 2.59. The molecular weight excluding hydrogens is 384 g/mol. The van der Waals surface area contributed by atoms with E-state index in [2.05, 4.69) is 4.90 Å². The van der Waals surface area contributed by atoms with Gasteiger partial charge in [-0.1, -0.05) is 41.9 Å². The zero-order chi connectivity index (χ0) is 19.0. The highest BCUT2D eigenvalue weighted by Gasteiger charge is 2.47. The van der Waals surface area contributed by atoms with Crippen molar-refractivity contribution in [1.82, 2.24) is 9.21 Å². The van der Waals surface area contributed by atoms with Crippen LogP contribution in [0.5, 0.6) is 0 Å². The molecule has 1 unspecified atom stereocenters. The van der Waals surface area contributed by atoms with Gasteiger partial charge in [-0.3, -0.25) is 0 Å². The summed E-state index contributed by atoms with van der Waals surface area (Å²) in [5.41, 5.74) is 1.77. The van der Waals surface area contributed by atoms with Crippen molar-refractivity contribution >= 4 is 21.6 Å². The van der Waals surface area contributed by atoms with E-state index in [1.165, 1.54) is 0 Å². The van der Waals surface area contributed by atoms with Crippen LogP contribution in [0.2, 0.25) is 5.02 Å². The number of sulfonamides is 1. The van der Waals surface area contributed by atoms with Crippen LogP contribution in [0.25, 0.3) is 0 Å². The fourth-order valence-electron chi connectivity index (χ4n) is 4.25. The van der Waals surface area contributed by atoms with Crippen LogP contribution in [0, 0.1) is 0 Å². The molecule has 0 spiro atoms. The van der Waals surface area contributed by atoms with Gasteiger partial charge in [-0.25, -0.2) is 8.42 Å². The SMILES string of the molecule is O=S1(=O)c2ccccc2C(c2ccc(Cl)cc2)N1C1CCN(CCO)CC1. The van der Waals surface area contributed by atoms with E-state index in [0.29, 0.717) is 16.5 Å². The molecule has 7 heteroatoms. The summed E-state index contributed by atoms with van der Waals surface area (Å²) in [5.74, 6) is 0. The van der Waals surface area contributed by atoms with Gasteiger partial charge in [-0.05, 0) is 55.3 Å². The Bertz CT molecular complexity index is 909. The predicted octanol–water partition coefficient (Wildman–Crippen LogP) is 2.89. The normalized spacial score (nSPS) is 23.4. The monoisotopic (exact) mass is 406 g/mol. The first-order chi connectivity index (χ1) is 13.0. The molecular formula is C20H23ClN2O3S. The van der Waals surface area contributed by atoms with Crippen LogP contribution in [-0.2, 0) is 10.0 Å². The zero-order valence-electron chi connectivity index (χ0n) is 15.0. The largest absolute Gasteiger partial charge is 0.395 e. The average Bonchev–Trinajstić information content (AvgIpc) is 2.91. The van der Waals surface area contributed by atoms with Gasteiger partial charge in [0.25, 0.3) is 0 Å². The molecule has 0 amide bonds. The number of rotatable bonds is 4. The highest BCUT2D eigenvalue weighted by atomic mass is 35.5. The van der Waals surface area contributed by atoms with Gasteiger partial charge in [0.15, 0.2) is 0 Å². The maximum atomic E-state index is 13.4. The van der Waals surface area contributed by atoms with Crippen LogP contribution in [0.3, 0.4) is 0 Å². The Kier molecular flexibility index (Phi) is 5.27. The lowest BCUT2D eigenvalue weighted by Gasteiger charge is -2.38. The number of benzene rings is 2. The lowest BCUT2D eigenvalue weighted by Crippen LogP contribution is -2.47. The minimum Gasteiger partial charge on any atom is -0.395 e. The molecule has 1 atom stereocenters. The molecule has 1 N–H and O–H groups in total. The molecule has 5 nitrogen and oxygen atoms in total. The number of piperidine rings is 1. The third kappa shape index (κ3) is 3.41. The number of likely N-dealkylation sites (tertiary alicyclic amines) is 1. The summed E-state index contributed by atoms with van der Waals surface area (Å²) in [6.45, 7) is 2.35. The van der Waals surface area contributed by atoms with E-state index < -0.39 is 10.0 Å². The van der Waals surface area contributed by atoms with Crippen molar-refractivity contribution in [3.8, 4) is 0 Å². The Morgan fingerprint density at radius 3 is 2.37 bits per heavy atom. The average molecular weight is 407 g/mol. The third-order valence-corrected chi connectivity index (χ3v) is 7.79. The van der Waals surface area contributed by atoms with E-state index in [9.17, 15) is 8.42 Å². The highest BCUT2D eigenvalue weighted by molar-refractivity contribution is 7.89. The molecule has 144 valence electrons. The van der Waals surface area contributed by atoms with Crippen LogP contribution in [0.15, 0.2) is 53.4 Å². The first-order valence-corrected chi connectivity index (χ1v) is 11.1. The molecule has 0 saturated carbocycles. The van der Waals surface area contributed by atoms with Crippen LogP contribution >= 0.6 is 11.6 Å². The van der Waals surface area contributed by atoms with Gasteiger partial charge in [-0.2, -0.15) is 4.31 Å². The second-order valence-corrected chi connectivity index (χ2v) is 9.37. The minimum absolute atomic E-state index is 0.0574. The summed E-state index contributed by atoms with van der Waals surface area (Å²) >= 11 is 6.05. The number of halogens is 1. The first-order valence-electron chi connectivity index (χ1n) is 9.23. The molecule has 1 saturated heterocycles. The van der Waals surface area contributed by atoms with Gasteiger partial charge in [0.05, 0.1) is 17.5 Å². The number of aliphatic hydroxyl groups is 1. The third-order valence-electron chi connectivity index (χ3n) is 5.54. The molecule has 0 aromatic heterocycles. The van der Waals surface area contributed by atoms with E-state index in [0.717, 1.165) is 37.1 Å². The van der Waals surface area contributed by atoms with E-state index in [1.807, 2.05) is 36.4 Å². The van der Waals surface area contributed by atoms with Crippen molar-refractivity contribution < 1.29 is 13.5 Å². The van der Waals surface area contributed by atoms with Crippen molar-refractivity contribution in [2.24, 2.45) is 0 Å². The fraction of sp³-hybridized carbons (Fsp3) is 0.400. The van der Waals surface area contributed by atoms with Gasteiger partial charge in [-0.15, -0.1) is 0 Å². The molecule has 2 aromatic carbocycles. The molecule has 2 aliphatic rings. The summed E-state index contributed by atoms with van der Waals surface area (Å²) in [7, 11) is -3.55. The summed E-state index contributed by atoms with van der Waals surface area (Å²) in [6, 6.07) is 14.4. The van der Waals surface area contributed by atoms with Gasteiger partial charge in [0.2, 0.25) is 10.0 Å². The highest BCUT2D eigenvalue weighted by Crippen LogP contribution is 2.46. The predicted molar refractivity (Wildman–Crippen MR) is 105 cm³/mol. The molecule has 0 radical (unpaired) electrons. The number of nitrogens with zero attached hydrogens (tertiary/aromatic N) is 2. The van der Waals surface area contributed by atoms with Gasteiger partial charge in [0, 0.05) is 17.6 Å². The Morgan fingerprint density at radius 2 is 1.70 bits per heavy atom. The van der Waals surface area contributed by atoms with Crippen LogP contribution in [0.1, 0.15) is 30.0 Å². The van der Waals surface area contributed by atoms with Crippen molar-refractivity contribution in [3.63, 3.8) is 0 Å². The Hall–Kier alpha value is -1.44. The molecule has 2 heterocycles. The number of hydrogen-bond donors (Lipinski definition) is 1. The minimum atomic E-state index is -3.55. The van der Waals surface area contributed by atoms with E-state index in [-0.39, 0.29) is 18.7 Å². The first kappa shape index (κ1) is 18.9. The Balaban J connectivity index is 1.73. The molecule has 2 aromatic rings. The topological polar surface area (TPSA) is 60.9 Å². The van der Waals surface area contributed by atoms with Crippen molar-refractivity contribution in [2.45, 2.75) is 29.8 Å². The summed E-state index contributed by atoms with van der Waals surface area (Å²) in [6.07, 6.45) is 1.52. The van der Waals surface area contributed by atoms with Gasteiger partial charge in [0.1, 0.15) is 0 Å². The second-order valence-electron chi connectivity index (χ2n) is 7.12. The molecule has 2 aliphatic heterocycles. The standard InChI is InChI=1S/C20H23ClN2O3S/c21-16-7-5-15(6-8-16)20-18-3-1-2-4-19(18)27(25,26)23(20)17-9-11-22(12-10-17)13-14-24/h1-8,17,20,24H,9-14H2. The maximum Gasteiger partial charge on any atom is 0.244 e. The molecule has 0 aliphatic carbocycles. The van der Waals surface area contributed by atoms with Crippen LogP contribution < -0.4 is 0 Å². The smallest absolute Gasteiger partial charge is 0.244 e. The number of β-amino-alcohol motifs (C(OH)–C–C–N with tert-alkyl or cyclic N) is 1. The molecule has 27 heavy (non-hydrogen) atoms. The zero-order valence-corrected chi connectivity index (χ0v) is 16.5. The molecule has 4 rings (SSSR count). The van der Waals surface area contributed by atoms with E-state index >= 15 is 0 Å². The fourth-order valence-corrected chi connectivity index (χ4v) is 6.45. The molecule has 0 bridgehead atoms. The second kappa shape index (κ2) is 7.53. The number of aliphatic hydroxyl groups excluding tert-OH is 1. The van der Waals surface area contributed by atoms with E-state index in [1.54, 1.807) is 16.4 Å². The van der Waals surface area contributed by atoms with E-state index in [4.69, 9.17) is 16.7 Å². The van der Waals surface area contributed by atoms with Gasteiger partial charge >= 0.3 is 0 Å². The lowest BCUT2D eigenvalue weighted by atomic mass is 9.95. The molecule has 1 fully saturated rings. The van der Waals surface area contributed by atoms with Crippen molar-refractivity contribution in [1.29, 1.82) is 0 Å². The summed E-state index contributed by atoms with van der Waals surface area (Å²) < 4.78 is 28.5. The van der Waals surface area contributed by atoms with Crippen LogP contribution in [-0.4, -0.2) is 55.0 Å². The number of hydrogen-bond acceptors (Lipinski definition) is 4. The quantitative estimate of drug-likeness (QED) is 0.848. The number of fused-ring (bicyclic) bond motifs is 1. The van der Waals surface area contributed by atoms with Crippen molar-refractivity contribution in [2.75, 3.05) is 26.2 Å². The Morgan fingerprint density at radius 1 is 1.04 bits per heavy atom. The maximum absolute atomic E-state index is 13.4. The summed E-state index contributed by atoms with van der Waals surface area (Å²) in [5, 5.41) is 9.79. The Labute approximate surface area is 165 Å². The van der Waals surface area contributed by atoms with Gasteiger partial charge < -0.3 is 10.0 Å². The van der Waals surface area contributed by atoms with Crippen molar-refractivity contribution in [3.05, 3.63) is 64.7 Å². The lowest BCUT2D eigenvalue weighted by molar-refractivity contribution is 0.127. The van der Waals surface area contributed by atoms with Crippen LogP contribution in [0.4, 0.5) is 0 Å².